The van der Waals surface area contributed by atoms with Crippen molar-refractivity contribution in [3.63, 3.8) is 0 Å². The summed E-state index contributed by atoms with van der Waals surface area (Å²) < 4.78 is 19.4. The summed E-state index contributed by atoms with van der Waals surface area (Å²) in [4.78, 5) is 18.8. The fourth-order valence-corrected chi connectivity index (χ4v) is 3.86. The van der Waals surface area contributed by atoms with Gasteiger partial charge >= 0.3 is 0 Å². The van der Waals surface area contributed by atoms with E-state index in [1.807, 2.05) is 4.90 Å². The van der Waals surface area contributed by atoms with Gasteiger partial charge in [-0.05, 0) is 45.1 Å². The molecule has 1 N–H and O–H groups in total. The van der Waals surface area contributed by atoms with Crippen molar-refractivity contribution in [2.75, 3.05) is 13.7 Å². The second-order valence-corrected chi connectivity index (χ2v) is 6.92. The molecule has 0 atom stereocenters. The number of ether oxygens (including phenoxy) is 1. The zero-order chi connectivity index (χ0) is 17.6. The monoisotopic (exact) mass is 344 g/mol. The zero-order valence-electron chi connectivity index (χ0n) is 14.4. The van der Waals surface area contributed by atoms with Crippen LogP contribution in [0.4, 0.5) is 4.39 Å². The Hall–Kier alpha value is -2.44. The molecule has 3 heterocycles. The number of aromatic amines is 1. The minimum absolute atomic E-state index is 0.0463. The van der Waals surface area contributed by atoms with E-state index in [4.69, 9.17) is 4.74 Å². The number of nitrogens with one attached hydrogen (secondary N) is 1. The topological polar surface area (TPSA) is 71.1 Å². The molecule has 2 aliphatic rings. The number of H-pyrrole nitrogens is 1. The average molecular weight is 344 g/mol. The lowest BCUT2D eigenvalue weighted by Crippen LogP contribution is -2.45. The number of nitrogens with zero attached hydrogens (tertiary/aromatic N) is 3. The minimum Gasteiger partial charge on any atom is -0.481 e. The molecule has 1 aliphatic heterocycles. The minimum atomic E-state index is -0.486. The number of aromatic nitrogens is 3. The number of pyridine rings is 1. The summed E-state index contributed by atoms with van der Waals surface area (Å²) >= 11 is 0. The molecule has 25 heavy (non-hydrogen) atoms. The summed E-state index contributed by atoms with van der Waals surface area (Å²) in [6.07, 6.45) is 6.56. The Kier molecular flexibility index (Phi) is 3.74. The predicted octanol–water partition coefficient (Wildman–Crippen LogP) is 3.09. The third-order valence-corrected chi connectivity index (χ3v) is 5.41. The lowest BCUT2D eigenvalue weighted by atomic mass is 9.99. The second kappa shape index (κ2) is 5.82. The number of methoxy groups -OCH3 is 1. The highest BCUT2D eigenvalue weighted by molar-refractivity contribution is 5.94. The van der Waals surface area contributed by atoms with Crippen molar-refractivity contribution in [1.82, 2.24) is 20.1 Å². The molecular weight excluding hydrogens is 323 g/mol. The molecule has 1 aliphatic carbocycles. The molecule has 1 saturated heterocycles. The molecule has 0 aromatic carbocycles. The Bertz CT molecular complexity index is 828. The maximum Gasteiger partial charge on any atom is 0.272 e. The van der Waals surface area contributed by atoms with E-state index in [9.17, 15) is 9.18 Å². The van der Waals surface area contributed by atoms with Gasteiger partial charge in [0.15, 0.2) is 5.82 Å². The Morgan fingerprint density at radius 3 is 2.88 bits per heavy atom. The highest BCUT2D eigenvalue weighted by Gasteiger charge is 2.51. The van der Waals surface area contributed by atoms with Crippen LogP contribution in [-0.2, 0) is 0 Å². The van der Waals surface area contributed by atoms with Crippen LogP contribution in [0.5, 0.6) is 5.88 Å². The molecule has 1 spiro atoms. The van der Waals surface area contributed by atoms with Gasteiger partial charge in [0.05, 0.1) is 19.0 Å². The van der Waals surface area contributed by atoms with Gasteiger partial charge in [-0.3, -0.25) is 9.89 Å². The first-order chi connectivity index (χ1) is 12.1. The van der Waals surface area contributed by atoms with Crippen molar-refractivity contribution < 1.29 is 13.9 Å². The van der Waals surface area contributed by atoms with E-state index in [2.05, 4.69) is 15.2 Å². The summed E-state index contributed by atoms with van der Waals surface area (Å²) in [5.74, 6) is -0.185. The van der Waals surface area contributed by atoms with Crippen LogP contribution in [-0.4, -0.2) is 45.2 Å². The fourth-order valence-electron chi connectivity index (χ4n) is 3.86. The van der Waals surface area contributed by atoms with Crippen molar-refractivity contribution in [1.29, 1.82) is 0 Å². The third-order valence-electron chi connectivity index (χ3n) is 5.41. The number of hydrogen-bond acceptors (Lipinski definition) is 4. The molecule has 1 amide bonds. The SMILES string of the molecule is COc1ncc(F)c(-c2cc(C(=O)N3CCCCC34CC4)[nH]n2)c1C. The van der Waals surface area contributed by atoms with Gasteiger partial charge in [0.2, 0.25) is 5.88 Å². The maximum atomic E-state index is 14.3. The molecule has 0 unspecified atom stereocenters. The number of likely N-dealkylation sites (tertiary alicyclic amines) is 1. The Morgan fingerprint density at radius 1 is 1.36 bits per heavy atom. The number of carbonyl (C=O) groups is 1. The summed E-state index contributed by atoms with van der Waals surface area (Å²) in [6, 6.07) is 1.62. The van der Waals surface area contributed by atoms with Gasteiger partial charge in [-0.25, -0.2) is 9.37 Å². The van der Waals surface area contributed by atoms with Crippen molar-refractivity contribution in [3.05, 3.63) is 29.3 Å². The van der Waals surface area contributed by atoms with Crippen LogP contribution in [0.2, 0.25) is 0 Å². The van der Waals surface area contributed by atoms with Crippen LogP contribution in [0.1, 0.15) is 48.2 Å². The molecule has 2 fully saturated rings. The van der Waals surface area contributed by atoms with Crippen LogP contribution in [0.15, 0.2) is 12.3 Å². The van der Waals surface area contributed by atoms with E-state index in [0.29, 0.717) is 28.4 Å². The largest absolute Gasteiger partial charge is 0.481 e. The van der Waals surface area contributed by atoms with E-state index in [1.165, 1.54) is 13.5 Å². The first-order valence-electron chi connectivity index (χ1n) is 8.62. The lowest BCUT2D eigenvalue weighted by Gasteiger charge is -2.35. The lowest BCUT2D eigenvalue weighted by molar-refractivity contribution is 0.0567. The Labute approximate surface area is 145 Å². The zero-order valence-corrected chi connectivity index (χ0v) is 14.4. The van der Waals surface area contributed by atoms with Gasteiger partial charge in [-0.2, -0.15) is 5.10 Å². The Morgan fingerprint density at radius 2 is 2.16 bits per heavy atom. The smallest absolute Gasteiger partial charge is 0.272 e. The highest BCUT2D eigenvalue weighted by Crippen LogP contribution is 2.48. The molecule has 2 aromatic rings. The predicted molar refractivity (Wildman–Crippen MR) is 89.9 cm³/mol. The average Bonchev–Trinajstić information content (AvgIpc) is 3.20. The molecular formula is C18H21FN4O2. The summed E-state index contributed by atoms with van der Waals surface area (Å²) in [5, 5.41) is 6.96. The van der Waals surface area contributed by atoms with Crippen molar-refractivity contribution >= 4 is 5.91 Å². The van der Waals surface area contributed by atoms with Crippen LogP contribution in [0.3, 0.4) is 0 Å². The van der Waals surface area contributed by atoms with Gasteiger partial charge in [-0.15, -0.1) is 0 Å². The Balaban J connectivity index is 1.66. The van der Waals surface area contributed by atoms with Gasteiger partial charge in [-0.1, -0.05) is 0 Å². The molecule has 7 heteroatoms. The third kappa shape index (κ3) is 2.58. The number of halogens is 1. The van der Waals surface area contributed by atoms with E-state index in [0.717, 1.165) is 38.4 Å². The highest BCUT2D eigenvalue weighted by atomic mass is 19.1. The fraction of sp³-hybridized carbons (Fsp3) is 0.500. The molecule has 1 saturated carbocycles. The standard InChI is InChI=1S/C18H21FN4O2/c1-11-15(12(19)10-20-16(11)25-2)13-9-14(22-21-13)17(24)23-8-4-3-5-18(23)6-7-18/h9-10H,3-8H2,1-2H3,(H,21,22). The summed E-state index contributed by atoms with van der Waals surface area (Å²) in [7, 11) is 1.49. The van der Waals surface area contributed by atoms with Crippen LogP contribution in [0.25, 0.3) is 11.3 Å². The van der Waals surface area contributed by atoms with Crippen LogP contribution in [0, 0.1) is 12.7 Å². The molecule has 0 radical (unpaired) electrons. The van der Waals surface area contributed by atoms with Crippen molar-refractivity contribution in [2.24, 2.45) is 0 Å². The molecule has 132 valence electrons. The van der Waals surface area contributed by atoms with E-state index in [1.54, 1.807) is 13.0 Å². The van der Waals surface area contributed by atoms with Gasteiger partial charge in [0.1, 0.15) is 5.69 Å². The van der Waals surface area contributed by atoms with Gasteiger partial charge < -0.3 is 9.64 Å². The maximum absolute atomic E-state index is 14.3. The number of hydrogen-bond donors (Lipinski definition) is 1. The van der Waals surface area contributed by atoms with E-state index < -0.39 is 5.82 Å². The number of piperidine rings is 1. The van der Waals surface area contributed by atoms with Gasteiger partial charge in [0, 0.05) is 23.2 Å². The molecule has 6 nitrogen and oxygen atoms in total. The van der Waals surface area contributed by atoms with E-state index in [-0.39, 0.29) is 11.4 Å². The molecule has 0 bridgehead atoms. The quantitative estimate of drug-likeness (QED) is 0.929. The van der Waals surface area contributed by atoms with Crippen LogP contribution >= 0.6 is 0 Å². The van der Waals surface area contributed by atoms with Gasteiger partial charge in [0.25, 0.3) is 5.91 Å². The summed E-state index contributed by atoms with van der Waals surface area (Å²) in [5.41, 5.74) is 1.71. The van der Waals surface area contributed by atoms with Crippen molar-refractivity contribution in [3.8, 4) is 17.1 Å². The second-order valence-electron chi connectivity index (χ2n) is 6.92. The van der Waals surface area contributed by atoms with E-state index >= 15 is 0 Å². The summed E-state index contributed by atoms with van der Waals surface area (Å²) in [6.45, 7) is 2.51. The first kappa shape index (κ1) is 16.1. The number of amides is 1. The van der Waals surface area contributed by atoms with Crippen LogP contribution < -0.4 is 4.74 Å². The van der Waals surface area contributed by atoms with Crippen molar-refractivity contribution in [2.45, 2.75) is 44.6 Å². The normalized spacial score (nSPS) is 18.4. The molecule has 4 rings (SSSR count). The number of carbonyl (C=O) groups excluding carboxylic acids is 1. The number of rotatable bonds is 3. The first-order valence-corrected chi connectivity index (χ1v) is 8.62. The molecule has 2 aromatic heterocycles.